The van der Waals surface area contributed by atoms with Crippen molar-refractivity contribution in [2.75, 3.05) is 27.3 Å². The molecule has 1 amide bonds. The Balaban J connectivity index is 1.20. The molecule has 8 heteroatoms. The van der Waals surface area contributed by atoms with E-state index in [1.807, 2.05) is 59.5 Å². The molecule has 0 radical (unpaired) electrons. The molecule has 0 spiro atoms. The summed E-state index contributed by atoms with van der Waals surface area (Å²) in [6.45, 7) is 2.27. The van der Waals surface area contributed by atoms with Gasteiger partial charge in [0.1, 0.15) is 36.0 Å². The SMILES string of the molecule is COc1ccc(OC)c(C2(O)C(O)CC(c3ccccc3)(c3ccccc3)C3CN(C(=O)CCCn4cc[n+](Cc5ccccc5)c4)CC32)c1. The van der Waals surface area contributed by atoms with Crippen LogP contribution in [0.25, 0.3) is 0 Å². The molecule has 2 N–H and O–H groups in total. The highest BCUT2D eigenvalue weighted by molar-refractivity contribution is 5.76. The lowest BCUT2D eigenvalue weighted by Crippen LogP contribution is -2.60. The Bertz CT molecular complexity index is 1860. The first kappa shape index (κ1) is 33.6. The van der Waals surface area contributed by atoms with E-state index in [2.05, 4.69) is 64.3 Å². The van der Waals surface area contributed by atoms with Crippen LogP contribution in [0.3, 0.4) is 0 Å². The summed E-state index contributed by atoms with van der Waals surface area (Å²) in [5.41, 5.74) is 1.47. The van der Waals surface area contributed by atoms with E-state index in [1.54, 1.807) is 32.4 Å². The Kier molecular flexibility index (Phi) is 9.49. The highest BCUT2D eigenvalue weighted by Gasteiger charge is 2.65. The number of hydrogen-bond donors (Lipinski definition) is 2. The number of aliphatic hydroxyl groups is 2. The third-order valence-corrected chi connectivity index (χ3v) is 11.1. The van der Waals surface area contributed by atoms with Crippen molar-refractivity contribution in [1.29, 1.82) is 0 Å². The van der Waals surface area contributed by atoms with E-state index in [0.29, 0.717) is 43.0 Å². The molecule has 1 saturated heterocycles. The van der Waals surface area contributed by atoms with Gasteiger partial charge in [-0.05, 0) is 53.6 Å². The predicted molar refractivity (Wildman–Crippen MR) is 191 cm³/mol. The van der Waals surface area contributed by atoms with Gasteiger partial charge in [-0.25, -0.2) is 9.13 Å². The number of carbonyl (C=O) groups is 1. The van der Waals surface area contributed by atoms with Crippen LogP contribution in [0.5, 0.6) is 11.5 Å². The summed E-state index contributed by atoms with van der Waals surface area (Å²) in [6, 6.07) is 36.2. The van der Waals surface area contributed by atoms with Crippen LogP contribution in [0.4, 0.5) is 0 Å². The van der Waals surface area contributed by atoms with E-state index >= 15 is 0 Å². The van der Waals surface area contributed by atoms with Gasteiger partial charge in [0.25, 0.3) is 0 Å². The lowest BCUT2D eigenvalue weighted by atomic mass is 9.51. The van der Waals surface area contributed by atoms with Crippen molar-refractivity contribution in [2.45, 2.75) is 49.5 Å². The first-order valence-corrected chi connectivity index (χ1v) is 17.5. The van der Waals surface area contributed by atoms with Crippen LogP contribution in [0, 0.1) is 11.8 Å². The molecule has 7 rings (SSSR count). The molecule has 1 aliphatic heterocycles. The molecule has 1 aliphatic carbocycles. The van der Waals surface area contributed by atoms with Gasteiger partial charge in [0.15, 0.2) is 0 Å². The van der Waals surface area contributed by atoms with E-state index in [-0.39, 0.29) is 18.2 Å². The largest absolute Gasteiger partial charge is 0.497 e. The highest BCUT2D eigenvalue weighted by Crippen LogP contribution is 2.60. The Hall–Kier alpha value is -4.92. The minimum atomic E-state index is -1.70. The molecular weight excluding hydrogens is 626 g/mol. The van der Waals surface area contributed by atoms with E-state index < -0.39 is 23.0 Å². The van der Waals surface area contributed by atoms with Crippen LogP contribution in [0.15, 0.2) is 128 Å². The molecule has 2 heterocycles. The van der Waals surface area contributed by atoms with Crippen molar-refractivity contribution in [2.24, 2.45) is 11.8 Å². The van der Waals surface area contributed by atoms with Crippen molar-refractivity contribution in [1.82, 2.24) is 9.47 Å². The number of amides is 1. The summed E-state index contributed by atoms with van der Waals surface area (Å²) in [4.78, 5) is 16.0. The monoisotopic (exact) mass is 672 g/mol. The van der Waals surface area contributed by atoms with Gasteiger partial charge in [0.2, 0.25) is 12.2 Å². The zero-order valence-electron chi connectivity index (χ0n) is 28.8. The van der Waals surface area contributed by atoms with E-state index in [1.165, 1.54) is 5.56 Å². The van der Waals surface area contributed by atoms with Gasteiger partial charge >= 0.3 is 0 Å². The topological polar surface area (TPSA) is 88.0 Å². The molecule has 2 aliphatic rings. The summed E-state index contributed by atoms with van der Waals surface area (Å²) >= 11 is 0. The number of aliphatic hydroxyl groups excluding tert-OH is 1. The lowest BCUT2D eigenvalue weighted by molar-refractivity contribution is -0.687. The minimum absolute atomic E-state index is 0.0492. The molecule has 8 nitrogen and oxygen atoms in total. The van der Waals surface area contributed by atoms with Crippen molar-refractivity contribution in [3.63, 3.8) is 0 Å². The molecule has 5 aromatic rings. The molecule has 0 bridgehead atoms. The summed E-state index contributed by atoms with van der Waals surface area (Å²) < 4.78 is 15.6. The number of imidazole rings is 1. The van der Waals surface area contributed by atoms with E-state index in [4.69, 9.17) is 9.47 Å². The summed E-state index contributed by atoms with van der Waals surface area (Å²) in [6.07, 6.45) is 6.35. The minimum Gasteiger partial charge on any atom is -0.497 e. The quantitative estimate of drug-likeness (QED) is 0.185. The maximum atomic E-state index is 14.1. The molecular formula is C42H46N3O5+. The van der Waals surface area contributed by atoms with Gasteiger partial charge in [-0.1, -0.05) is 91.0 Å². The molecule has 4 atom stereocenters. The van der Waals surface area contributed by atoms with Gasteiger partial charge in [0.05, 0.1) is 26.9 Å². The van der Waals surface area contributed by atoms with Crippen molar-refractivity contribution >= 4 is 5.91 Å². The second kappa shape index (κ2) is 14.1. The number of rotatable bonds is 11. The lowest BCUT2D eigenvalue weighted by Gasteiger charge is -2.55. The Morgan fingerprint density at radius 3 is 2.14 bits per heavy atom. The Morgan fingerprint density at radius 2 is 1.50 bits per heavy atom. The first-order chi connectivity index (χ1) is 24.4. The number of likely N-dealkylation sites (tertiary alicyclic amines) is 1. The molecule has 50 heavy (non-hydrogen) atoms. The molecule has 4 unspecified atom stereocenters. The van der Waals surface area contributed by atoms with E-state index in [9.17, 15) is 15.0 Å². The van der Waals surface area contributed by atoms with Crippen LogP contribution < -0.4 is 14.0 Å². The maximum absolute atomic E-state index is 14.1. The van der Waals surface area contributed by atoms with Gasteiger partial charge in [-0.2, -0.15) is 0 Å². The van der Waals surface area contributed by atoms with Gasteiger partial charge < -0.3 is 24.6 Å². The smallest absolute Gasteiger partial charge is 0.244 e. The summed E-state index contributed by atoms with van der Waals surface area (Å²) in [5, 5.41) is 25.2. The van der Waals surface area contributed by atoms with Crippen LogP contribution in [-0.2, 0) is 28.9 Å². The van der Waals surface area contributed by atoms with Crippen LogP contribution in [0.1, 0.15) is 41.5 Å². The number of carbonyl (C=O) groups excluding carboxylic acids is 1. The van der Waals surface area contributed by atoms with Crippen molar-refractivity contribution < 1.29 is 29.0 Å². The fraction of sp³-hybridized carbons (Fsp3) is 0.333. The summed E-state index contributed by atoms with van der Waals surface area (Å²) in [7, 11) is 3.15. The fourth-order valence-corrected chi connectivity index (χ4v) is 8.65. The fourth-order valence-electron chi connectivity index (χ4n) is 8.65. The number of nitrogens with zero attached hydrogens (tertiary/aromatic N) is 3. The Morgan fingerprint density at radius 1 is 0.860 bits per heavy atom. The van der Waals surface area contributed by atoms with Crippen molar-refractivity contribution in [3.8, 4) is 11.5 Å². The molecule has 1 saturated carbocycles. The predicted octanol–water partition coefficient (Wildman–Crippen LogP) is 5.33. The number of ether oxygens (including phenoxy) is 2. The van der Waals surface area contributed by atoms with E-state index in [0.717, 1.165) is 24.2 Å². The average molecular weight is 673 g/mol. The molecule has 1 aromatic heterocycles. The second-order valence-corrected chi connectivity index (χ2v) is 13.7. The van der Waals surface area contributed by atoms with Gasteiger partial charge in [-0.15, -0.1) is 0 Å². The number of methoxy groups -OCH3 is 2. The second-order valence-electron chi connectivity index (χ2n) is 13.7. The molecule has 2 fully saturated rings. The summed E-state index contributed by atoms with van der Waals surface area (Å²) in [5.74, 6) is 0.370. The standard InChI is InChI=1S/C42H46N3O5/c1-49-34-20-21-38(50-2)35(25-34)42(48)37-29-45(40(47)19-12-22-43-23-24-44(30-43)27-31-13-6-3-7-14-31)28-36(37)41(26-39(42)46,32-15-8-4-9-16-32)33-17-10-5-11-18-33/h3-11,13-18,20-21,23-25,30,36-37,39,46,48H,12,19,22,26-29H2,1-2H3/q+1. The number of aromatic nitrogens is 2. The third kappa shape index (κ3) is 6.07. The molecule has 258 valence electrons. The number of hydrogen-bond acceptors (Lipinski definition) is 5. The van der Waals surface area contributed by atoms with Crippen molar-refractivity contribution in [3.05, 3.63) is 150 Å². The number of benzene rings is 4. The average Bonchev–Trinajstić information content (AvgIpc) is 3.82. The van der Waals surface area contributed by atoms with Gasteiger partial charge in [-0.3, -0.25) is 4.79 Å². The van der Waals surface area contributed by atoms with Crippen LogP contribution in [-0.4, -0.2) is 59.0 Å². The Labute approximate surface area is 294 Å². The number of aryl methyl sites for hydroxylation is 1. The third-order valence-electron chi connectivity index (χ3n) is 11.1. The zero-order chi connectivity index (χ0) is 34.7. The molecule has 4 aromatic carbocycles. The highest BCUT2D eigenvalue weighted by atomic mass is 16.5. The normalized spacial score (nSPS) is 22.6. The van der Waals surface area contributed by atoms with Crippen LogP contribution in [0.2, 0.25) is 0 Å². The van der Waals surface area contributed by atoms with Crippen LogP contribution >= 0.6 is 0 Å². The van der Waals surface area contributed by atoms with Gasteiger partial charge in [0, 0.05) is 36.4 Å². The zero-order valence-corrected chi connectivity index (χ0v) is 28.8. The first-order valence-electron chi connectivity index (χ1n) is 17.5. The maximum Gasteiger partial charge on any atom is 0.244 e. The number of fused-ring (bicyclic) bond motifs is 1.